The van der Waals surface area contributed by atoms with Gasteiger partial charge in [0.15, 0.2) is 11.5 Å². The lowest BCUT2D eigenvalue weighted by Gasteiger charge is -2.04. The molecule has 0 radical (unpaired) electrons. The predicted molar refractivity (Wildman–Crippen MR) is 66.4 cm³/mol. The van der Waals surface area contributed by atoms with E-state index in [2.05, 4.69) is 15.4 Å². The van der Waals surface area contributed by atoms with Gasteiger partial charge >= 0.3 is 5.97 Å². The minimum absolute atomic E-state index is 0.125. The molecule has 0 unspecified atom stereocenters. The second kappa shape index (κ2) is 4.89. The highest BCUT2D eigenvalue weighted by Gasteiger charge is 2.11. The van der Waals surface area contributed by atoms with Crippen molar-refractivity contribution in [2.45, 2.75) is 6.92 Å². The fraction of sp³-hybridized carbons (Fsp3) is 0.167. The van der Waals surface area contributed by atoms with Crippen LogP contribution in [0.15, 0.2) is 24.4 Å². The summed E-state index contributed by atoms with van der Waals surface area (Å²) >= 11 is 0. The average molecular weight is 260 g/mol. The summed E-state index contributed by atoms with van der Waals surface area (Å²) < 4.78 is 1.37. The lowest BCUT2D eigenvalue weighted by molar-refractivity contribution is 0.0696. The van der Waals surface area contributed by atoms with E-state index in [0.29, 0.717) is 11.5 Å². The van der Waals surface area contributed by atoms with E-state index >= 15 is 0 Å². The number of aromatic carboxylic acids is 1. The monoisotopic (exact) mass is 260 g/mol. The molecule has 0 saturated heterocycles. The van der Waals surface area contributed by atoms with Gasteiger partial charge in [-0.15, -0.1) is 0 Å². The Kier molecular flexibility index (Phi) is 3.28. The van der Waals surface area contributed by atoms with E-state index < -0.39 is 5.97 Å². The van der Waals surface area contributed by atoms with Crippen LogP contribution in [0.2, 0.25) is 0 Å². The zero-order valence-corrected chi connectivity index (χ0v) is 10.4. The molecule has 0 atom stereocenters. The standard InChI is InChI=1S/C12H12N4O3/c1-7-5-8(12(18)19)6-10(14-7)16-4-3-9(15-16)11(17)13-2/h3-6H,1-2H3,(H,13,17)(H,18,19). The SMILES string of the molecule is CNC(=O)c1ccn(-c2cc(C(=O)O)cc(C)n2)n1. The van der Waals surface area contributed by atoms with Crippen LogP contribution in [0.5, 0.6) is 0 Å². The number of rotatable bonds is 3. The normalized spacial score (nSPS) is 10.2. The van der Waals surface area contributed by atoms with Gasteiger partial charge in [0.2, 0.25) is 0 Å². The van der Waals surface area contributed by atoms with Crippen LogP contribution in [0.3, 0.4) is 0 Å². The van der Waals surface area contributed by atoms with Crippen LogP contribution in [0.4, 0.5) is 0 Å². The number of aromatic nitrogens is 3. The first-order valence-corrected chi connectivity index (χ1v) is 5.51. The van der Waals surface area contributed by atoms with Gasteiger partial charge in [0.1, 0.15) is 0 Å². The Morgan fingerprint density at radius 2 is 2.11 bits per heavy atom. The number of hydrogen-bond donors (Lipinski definition) is 2. The number of carboxylic acid groups (broad SMARTS) is 1. The largest absolute Gasteiger partial charge is 0.478 e. The Bertz CT molecular complexity index is 648. The van der Waals surface area contributed by atoms with Gasteiger partial charge in [-0.3, -0.25) is 4.79 Å². The first kappa shape index (κ1) is 12.7. The van der Waals surface area contributed by atoms with Gasteiger partial charge in [-0.25, -0.2) is 14.5 Å². The first-order chi connectivity index (χ1) is 9.01. The number of pyridine rings is 1. The smallest absolute Gasteiger partial charge is 0.335 e. The van der Waals surface area contributed by atoms with Crippen LogP contribution in [0.25, 0.3) is 5.82 Å². The van der Waals surface area contributed by atoms with Crippen LogP contribution >= 0.6 is 0 Å². The predicted octanol–water partition coefficient (Wildman–Crippen LogP) is 0.634. The first-order valence-electron chi connectivity index (χ1n) is 5.51. The molecule has 0 spiro atoms. The maximum Gasteiger partial charge on any atom is 0.335 e. The van der Waals surface area contributed by atoms with Crippen LogP contribution in [0, 0.1) is 6.92 Å². The van der Waals surface area contributed by atoms with Gasteiger partial charge in [0, 0.05) is 18.9 Å². The summed E-state index contributed by atoms with van der Waals surface area (Å²) in [6.07, 6.45) is 1.55. The molecule has 2 aromatic heterocycles. The number of aryl methyl sites for hydroxylation is 1. The topological polar surface area (TPSA) is 97.1 Å². The van der Waals surface area contributed by atoms with E-state index in [9.17, 15) is 9.59 Å². The van der Waals surface area contributed by atoms with Crippen molar-refractivity contribution < 1.29 is 14.7 Å². The lowest BCUT2D eigenvalue weighted by atomic mass is 10.2. The van der Waals surface area contributed by atoms with Crippen LogP contribution < -0.4 is 5.32 Å². The number of hydrogen-bond acceptors (Lipinski definition) is 4. The van der Waals surface area contributed by atoms with Crippen molar-refractivity contribution in [3.63, 3.8) is 0 Å². The third kappa shape index (κ3) is 2.59. The Balaban J connectivity index is 2.44. The fourth-order valence-corrected chi connectivity index (χ4v) is 1.59. The fourth-order valence-electron chi connectivity index (χ4n) is 1.59. The Hall–Kier alpha value is -2.70. The molecule has 2 rings (SSSR count). The Morgan fingerprint density at radius 1 is 1.37 bits per heavy atom. The maximum absolute atomic E-state index is 11.4. The van der Waals surface area contributed by atoms with Crippen molar-refractivity contribution in [2.75, 3.05) is 7.05 Å². The van der Waals surface area contributed by atoms with Crippen molar-refractivity contribution in [3.05, 3.63) is 41.3 Å². The molecule has 1 amide bonds. The van der Waals surface area contributed by atoms with E-state index in [1.807, 2.05) is 0 Å². The van der Waals surface area contributed by atoms with E-state index in [0.717, 1.165) is 0 Å². The quantitative estimate of drug-likeness (QED) is 0.843. The molecule has 2 aromatic rings. The summed E-state index contributed by atoms with van der Waals surface area (Å²) in [7, 11) is 1.51. The zero-order chi connectivity index (χ0) is 14.0. The number of nitrogens with zero attached hydrogens (tertiary/aromatic N) is 3. The molecule has 98 valence electrons. The highest BCUT2D eigenvalue weighted by molar-refractivity contribution is 5.92. The molecule has 0 aromatic carbocycles. The van der Waals surface area contributed by atoms with Gasteiger partial charge in [0.25, 0.3) is 5.91 Å². The molecular formula is C12H12N4O3. The van der Waals surface area contributed by atoms with Crippen molar-refractivity contribution in [1.29, 1.82) is 0 Å². The summed E-state index contributed by atoms with van der Waals surface area (Å²) in [4.78, 5) is 26.6. The summed E-state index contributed by atoms with van der Waals surface area (Å²) in [5, 5.41) is 15.5. The summed E-state index contributed by atoms with van der Waals surface area (Å²) in [6, 6.07) is 4.40. The zero-order valence-electron chi connectivity index (χ0n) is 10.4. The molecule has 7 heteroatoms. The molecule has 0 aliphatic heterocycles. The number of carbonyl (C=O) groups excluding carboxylic acids is 1. The molecule has 0 aliphatic carbocycles. The minimum Gasteiger partial charge on any atom is -0.478 e. The molecule has 7 nitrogen and oxygen atoms in total. The van der Waals surface area contributed by atoms with Crippen molar-refractivity contribution >= 4 is 11.9 Å². The third-order valence-electron chi connectivity index (χ3n) is 2.47. The van der Waals surface area contributed by atoms with Crippen molar-refractivity contribution in [1.82, 2.24) is 20.1 Å². The highest BCUT2D eigenvalue weighted by Crippen LogP contribution is 2.10. The van der Waals surface area contributed by atoms with Crippen LogP contribution in [0.1, 0.15) is 26.5 Å². The maximum atomic E-state index is 11.4. The Labute approximate surface area is 108 Å². The second-order valence-corrected chi connectivity index (χ2v) is 3.89. The number of carbonyl (C=O) groups is 2. The summed E-state index contributed by atoms with van der Waals surface area (Å²) in [6.45, 7) is 1.69. The molecule has 0 bridgehead atoms. The summed E-state index contributed by atoms with van der Waals surface area (Å²) in [5.74, 6) is -0.997. The number of nitrogens with one attached hydrogen (secondary N) is 1. The van der Waals surface area contributed by atoms with Gasteiger partial charge in [-0.05, 0) is 25.1 Å². The molecule has 2 heterocycles. The van der Waals surface area contributed by atoms with Gasteiger partial charge < -0.3 is 10.4 Å². The van der Waals surface area contributed by atoms with Crippen LogP contribution in [-0.4, -0.2) is 38.8 Å². The van der Waals surface area contributed by atoms with Crippen LogP contribution in [-0.2, 0) is 0 Å². The third-order valence-corrected chi connectivity index (χ3v) is 2.47. The Morgan fingerprint density at radius 3 is 2.74 bits per heavy atom. The minimum atomic E-state index is -1.04. The van der Waals surface area contributed by atoms with Gasteiger partial charge in [-0.1, -0.05) is 0 Å². The lowest BCUT2D eigenvalue weighted by Crippen LogP contribution is -2.18. The highest BCUT2D eigenvalue weighted by atomic mass is 16.4. The van der Waals surface area contributed by atoms with Gasteiger partial charge in [-0.2, -0.15) is 5.10 Å². The van der Waals surface area contributed by atoms with E-state index in [1.165, 1.54) is 29.9 Å². The number of carboxylic acids is 1. The molecule has 0 fully saturated rings. The molecule has 2 N–H and O–H groups in total. The molecular weight excluding hydrogens is 248 g/mol. The summed E-state index contributed by atoms with van der Waals surface area (Å²) in [5.41, 5.74) is 0.925. The molecule has 19 heavy (non-hydrogen) atoms. The average Bonchev–Trinajstić information content (AvgIpc) is 2.86. The van der Waals surface area contributed by atoms with E-state index in [-0.39, 0.29) is 17.2 Å². The van der Waals surface area contributed by atoms with E-state index in [1.54, 1.807) is 13.1 Å². The number of amides is 1. The van der Waals surface area contributed by atoms with Gasteiger partial charge in [0.05, 0.1) is 5.56 Å². The van der Waals surface area contributed by atoms with Crippen molar-refractivity contribution in [2.24, 2.45) is 0 Å². The molecule has 0 saturated carbocycles. The van der Waals surface area contributed by atoms with E-state index in [4.69, 9.17) is 5.11 Å². The molecule has 0 aliphatic rings. The second-order valence-electron chi connectivity index (χ2n) is 3.89. The van der Waals surface area contributed by atoms with Crippen molar-refractivity contribution in [3.8, 4) is 5.82 Å².